The third-order valence-corrected chi connectivity index (χ3v) is 5.61. The Bertz CT molecular complexity index is 999. The first-order valence-corrected chi connectivity index (χ1v) is 9.06. The van der Waals surface area contributed by atoms with Gasteiger partial charge in [0.25, 0.3) is 0 Å². The molecule has 0 saturated heterocycles. The SMILES string of the molecule is CN(CC(=O)Nc1ccccc1)S(=O)(=O)c1cccc2cnccc12. The Kier molecular flexibility index (Phi) is 4.78. The zero-order chi connectivity index (χ0) is 17.9. The van der Waals surface area contributed by atoms with Gasteiger partial charge in [-0.3, -0.25) is 9.78 Å². The number of amides is 1. The van der Waals surface area contributed by atoms with Crippen molar-refractivity contribution in [2.75, 3.05) is 18.9 Å². The molecule has 6 nitrogen and oxygen atoms in total. The maximum Gasteiger partial charge on any atom is 0.243 e. The highest BCUT2D eigenvalue weighted by molar-refractivity contribution is 7.89. The van der Waals surface area contributed by atoms with Gasteiger partial charge in [0.2, 0.25) is 15.9 Å². The summed E-state index contributed by atoms with van der Waals surface area (Å²) in [6.45, 7) is -0.279. The Morgan fingerprint density at radius 2 is 1.84 bits per heavy atom. The second-order valence-electron chi connectivity index (χ2n) is 5.53. The largest absolute Gasteiger partial charge is 0.325 e. The summed E-state index contributed by atoms with van der Waals surface area (Å²) in [5.41, 5.74) is 0.620. The number of anilines is 1. The summed E-state index contributed by atoms with van der Waals surface area (Å²) in [6.07, 6.45) is 3.15. The van der Waals surface area contributed by atoms with Crippen LogP contribution in [0.3, 0.4) is 0 Å². The molecule has 128 valence electrons. The van der Waals surface area contributed by atoms with Crippen molar-refractivity contribution in [2.45, 2.75) is 4.90 Å². The van der Waals surface area contributed by atoms with Crippen molar-refractivity contribution < 1.29 is 13.2 Å². The molecule has 1 aromatic heterocycles. The number of hydrogen-bond donors (Lipinski definition) is 1. The Labute approximate surface area is 146 Å². The number of sulfonamides is 1. The van der Waals surface area contributed by atoms with E-state index in [1.54, 1.807) is 54.9 Å². The van der Waals surface area contributed by atoms with Gasteiger partial charge in [0.15, 0.2) is 0 Å². The molecule has 0 aliphatic heterocycles. The van der Waals surface area contributed by atoms with E-state index >= 15 is 0 Å². The van der Waals surface area contributed by atoms with Crippen LogP contribution in [0.5, 0.6) is 0 Å². The fourth-order valence-electron chi connectivity index (χ4n) is 2.49. The highest BCUT2D eigenvalue weighted by Crippen LogP contribution is 2.24. The molecule has 0 unspecified atom stereocenters. The average Bonchev–Trinajstić information content (AvgIpc) is 2.61. The molecule has 3 aromatic rings. The number of aromatic nitrogens is 1. The molecule has 0 aliphatic carbocycles. The van der Waals surface area contributed by atoms with E-state index in [1.165, 1.54) is 13.1 Å². The number of nitrogens with one attached hydrogen (secondary N) is 1. The highest BCUT2D eigenvalue weighted by atomic mass is 32.2. The Morgan fingerprint density at radius 3 is 2.60 bits per heavy atom. The van der Waals surface area contributed by atoms with Crippen LogP contribution in [0, 0.1) is 0 Å². The normalized spacial score (nSPS) is 11.6. The summed E-state index contributed by atoms with van der Waals surface area (Å²) in [4.78, 5) is 16.3. The van der Waals surface area contributed by atoms with E-state index in [0.29, 0.717) is 11.1 Å². The average molecular weight is 355 g/mol. The molecule has 0 aliphatic rings. The molecule has 0 fully saturated rings. The van der Waals surface area contributed by atoms with Gasteiger partial charge >= 0.3 is 0 Å². The molecule has 0 saturated carbocycles. The van der Waals surface area contributed by atoms with Gasteiger partial charge in [0.05, 0.1) is 11.4 Å². The number of hydrogen-bond acceptors (Lipinski definition) is 4. The minimum Gasteiger partial charge on any atom is -0.325 e. The minimum atomic E-state index is -3.81. The van der Waals surface area contributed by atoms with Crippen LogP contribution < -0.4 is 5.32 Å². The molecule has 1 heterocycles. The van der Waals surface area contributed by atoms with E-state index in [-0.39, 0.29) is 11.4 Å². The van der Waals surface area contributed by atoms with Gasteiger partial charge in [-0.05, 0) is 24.3 Å². The summed E-state index contributed by atoms with van der Waals surface area (Å²) in [5.74, 6) is -0.404. The van der Waals surface area contributed by atoms with Gasteiger partial charge in [-0.2, -0.15) is 4.31 Å². The Balaban J connectivity index is 1.83. The van der Waals surface area contributed by atoms with Crippen molar-refractivity contribution >= 4 is 32.4 Å². The Hall–Kier alpha value is -2.77. The van der Waals surface area contributed by atoms with E-state index in [2.05, 4.69) is 10.3 Å². The number of nitrogens with zero attached hydrogens (tertiary/aromatic N) is 2. The predicted octanol–water partition coefficient (Wildman–Crippen LogP) is 2.49. The quantitative estimate of drug-likeness (QED) is 0.763. The lowest BCUT2D eigenvalue weighted by atomic mass is 10.2. The van der Waals surface area contributed by atoms with Gasteiger partial charge in [0.1, 0.15) is 0 Å². The van der Waals surface area contributed by atoms with E-state index in [9.17, 15) is 13.2 Å². The third kappa shape index (κ3) is 3.67. The van der Waals surface area contributed by atoms with E-state index in [4.69, 9.17) is 0 Å². The van der Waals surface area contributed by atoms with Crippen LogP contribution in [0.15, 0.2) is 71.9 Å². The first-order valence-electron chi connectivity index (χ1n) is 7.62. The number of likely N-dealkylation sites (N-methyl/N-ethyl adjacent to an activating group) is 1. The van der Waals surface area contributed by atoms with Crippen LogP contribution in [0.25, 0.3) is 10.8 Å². The summed E-state index contributed by atoms with van der Waals surface area (Å²) in [5, 5.41) is 3.98. The maximum absolute atomic E-state index is 12.9. The summed E-state index contributed by atoms with van der Waals surface area (Å²) in [7, 11) is -2.42. The summed E-state index contributed by atoms with van der Waals surface area (Å²) in [6, 6.07) is 15.5. The minimum absolute atomic E-state index is 0.155. The standard InChI is InChI=1S/C18H17N3O3S/c1-21(13-18(22)20-15-7-3-2-4-8-15)25(23,24)17-9-5-6-14-12-19-11-10-16(14)17/h2-12H,13H2,1H3,(H,20,22). The van der Waals surface area contributed by atoms with Gasteiger partial charge in [0, 0.05) is 35.9 Å². The molecule has 1 amide bonds. The zero-order valence-electron chi connectivity index (χ0n) is 13.6. The van der Waals surface area contributed by atoms with E-state index < -0.39 is 15.9 Å². The van der Waals surface area contributed by atoms with Crippen LogP contribution >= 0.6 is 0 Å². The topological polar surface area (TPSA) is 79.4 Å². The second-order valence-corrected chi connectivity index (χ2v) is 7.54. The first-order chi connectivity index (χ1) is 12.0. The number of carbonyl (C=O) groups is 1. The summed E-state index contributed by atoms with van der Waals surface area (Å²) >= 11 is 0. The summed E-state index contributed by atoms with van der Waals surface area (Å²) < 4.78 is 26.8. The molecule has 7 heteroatoms. The van der Waals surface area contributed by atoms with Gasteiger partial charge in [-0.1, -0.05) is 30.3 Å². The lowest BCUT2D eigenvalue weighted by molar-refractivity contribution is -0.116. The second kappa shape index (κ2) is 7.00. The van der Waals surface area contributed by atoms with Crippen LogP contribution in [0.4, 0.5) is 5.69 Å². The smallest absolute Gasteiger partial charge is 0.243 e. The van der Waals surface area contributed by atoms with Crippen LogP contribution in [-0.4, -0.2) is 37.2 Å². The highest BCUT2D eigenvalue weighted by Gasteiger charge is 2.24. The predicted molar refractivity (Wildman–Crippen MR) is 96.6 cm³/mol. The lowest BCUT2D eigenvalue weighted by Gasteiger charge is -2.18. The van der Waals surface area contributed by atoms with Crippen LogP contribution in [-0.2, 0) is 14.8 Å². The molecule has 25 heavy (non-hydrogen) atoms. The molecule has 0 atom stereocenters. The number of rotatable bonds is 5. The number of benzene rings is 2. The fourth-order valence-corrected chi connectivity index (χ4v) is 3.83. The van der Waals surface area contributed by atoms with Gasteiger partial charge in [-0.25, -0.2) is 8.42 Å². The molecule has 1 N–H and O–H groups in total. The molecule has 2 aromatic carbocycles. The van der Waals surface area contributed by atoms with Crippen molar-refractivity contribution in [1.29, 1.82) is 0 Å². The van der Waals surface area contributed by atoms with Gasteiger partial charge in [-0.15, -0.1) is 0 Å². The molecular weight excluding hydrogens is 338 g/mol. The van der Waals surface area contributed by atoms with Crippen LogP contribution in [0.2, 0.25) is 0 Å². The maximum atomic E-state index is 12.9. The number of pyridine rings is 1. The van der Waals surface area contributed by atoms with Crippen molar-refractivity contribution in [1.82, 2.24) is 9.29 Å². The number of para-hydroxylation sites is 1. The van der Waals surface area contributed by atoms with Crippen molar-refractivity contribution in [3.8, 4) is 0 Å². The van der Waals surface area contributed by atoms with Crippen molar-refractivity contribution in [3.63, 3.8) is 0 Å². The lowest BCUT2D eigenvalue weighted by Crippen LogP contribution is -2.35. The molecule has 0 spiro atoms. The van der Waals surface area contributed by atoms with Crippen molar-refractivity contribution in [2.24, 2.45) is 0 Å². The zero-order valence-corrected chi connectivity index (χ0v) is 14.4. The molecular formula is C18H17N3O3S. The first kappa shape index (κ1) is 17.1. The third-order valence-electron chi connectivity index (χ3n) is 3.75. The van der Waals surface area contributed by atoms with Crippen LogP contribution in [0.1, 0.15) is 0 Å². The van der Waals surface area contributed by atoms with E-state index in [0.717, 1.165) is 9.69 Å². The molecule has 0 bridgehead atoms. The van der Waals surface area contributed by atoms with Gasteiger partial charge < -0.3 is 5.32 Å². The fraction of sp³-hybridized carbons (Fsp3) is 0.111. The molecule has 0 radical (unpaired) electrons. The van der Waals surface area contributed by atoms with Crippen molar-refractivity contribution in [3.05, 3.63) is 67.0 Å². The number of fused-ring (bicyclic) bond motifs is 1. The van der Waals surface area contributed by atoms with E-state index in [1.807, 2.05) is 6.07 Å². The molecule has 3 rings (SSSR count). The Morgan fingerprint density at radius 1 is 1.08 bits per heavy atom. The monoisotopic (exact) mass is 355 g/mol. The number of carbonyl (C=O) groups excluding carboxylic acids is 1.